The van der Waals surface area contributed by atoms with Gasteiger partial charge in [-0.05, 0) is 19.3 Å². The summed E-state index contributed by atoms with van der Waals surface area (Å²) >= 11 is 5.36. The second-order valence-electron chi connectivity index (χ2n) is 5.62. The van der Waals surface area contributed by atoms with Gasteiger partial charge in [-0.3, -0.25) is 0 Å². The number of unbranched alkanes of at least 4 members (excludes halogenated alkanes) is 6. The summed E-state index contributed by atoms with van der Waals surface area (Å²) in [4.78, 5) is 0.762. The molecule has 108 valence electrons. The van der Waals surface area contributed by atoms with E-state index in [0.717, 1.165) is 11.4 Å². The SMILES string of the molecule is CCCCCCC(CC)(CCCCCC)C(N)=S. The second kappa shape index (κ2) is 10.8. The molecular formula is C16H33NS. The molecule has 0 aromatic carbocycles. The maximum Gasteiger partial charge on any atom is 0.0789 e. The Morgan fingerprint density at radius 2 is 1.28 bits per heavy atom. The maximum absolute atomic E-state index is 6.04. The van der Waals surface area contributed by atoms with E-state index >= 15 is 0 Å². The normalized spacial score (nSPS) is 11.7. The van der Waals surface area contributed by atoms with Gasteiger partial charge in [0.05, 0.1) is 4.99 Å². The third kappa shape index (κ3) is 6.72. The average molecular weight is 272 g/mol. The van der Waals surface area contributed by atoms with Crippen molar-refractivity contribution in [2.75, 3.05) is 0 Å². The summed E-state index contributed by atoms with van der Waals surface area (Å²) in [6.07, 6.45) is 14.0. The van der Waals surface area contributed by atoms with Crippen molar-refractivity contribution in [3.05, 3.63) is 0 Å². The first-order valence-corrected chi connectivity index (χ1v) is 8.33. The van der Waals surface area contributed by atoms with E-state index < -0.39 is 0 Å². The Morgan fingerprint density at radius 3 is 1.56 bits per heavy atom. The predicted molar refractivity (Wildman–Crippen MR) is 87.0 cm³/mol. The van der Waals surface area contributed by atoms with Crippen LogP contribution >= 0.6 is 12.2 Å². The Labute approximate surface area is 120 Å². The maximum atomic E-state index is 6.04. The lowest BCUT2D eigenvalue weighted by Crippen LogP contribution is -2.35. The van der Waals surface area contributed by atoms with Gasteiger partial charge in [-0.2, -0.15) is 0 Å². The van der Waals surface area contributed by atoms with Gasteiger partial charge in [0.25, 0.3) is 0 Å². The van der Waals surface area contributed by atoms with Gasteiger partial charge in [0.15, 0.2) is 0 Å². The summed E-state index contributed by atoms with van der Waals surface area (Å²) in [7, 11) is 0. The molecule has 0 unspecified atom stereocenters. The molecule has 0 atom stereocenters. The molecule has 0 radical (unpaired) electrons. The number of rotatable bonds is 12. The largest absolute Gasteiger partial charge is 0.393 e. The highest BCUT2D eigenvalue weighted by atomic mass is 32.1. The molecule has 0 fully saturated rings. The molecule has 1 nitrogen and oxygen atoms in total. The average Bonchev–Trinajstić information content (AvgIpc) is 2.37. The van der Waals surface area contributed by atoms with Crippen LogP contribution in [0.5, 0.6) is 0 Å². The standard InChI is InChI=1S/C16H33NS/c1-4-7-9-11-13-16(6-3,15(17)18)14-12-10-8-5-2/h4-14H2,1-3H3,(H2,17,18). The summed E-state index contributed by atoms with van der Waals surface area (Å²) in [5.41, 5.74) is 6.19. The molecule has 0 amide bonds. The first-order valence-electron chi connectivity index (χ1n) is 7.92. The molecule has 18 heavy (non-hydrogen) atoms. The lowest BCUT2D eigenvalue weighted by molar-refractivity contribution is 0.316. The number of hydrogen-bond donors (Lipinski definition) is 1. The van der Waals surface area contributed by atoms with E-state index in [-0.39, 0.29) is 5.41 Å². The van der Waals surface area contributed by atoms with Gasteiger partial charge in [-0.1, -0.05) is 84.4 Å². The third-order valence-electron chi connectivity index (χ3n) is 4.22. The summed E-state index contributed by atoms with van der Waals surface area (Å²) in [5.74, 6) is 0. The predicted octanol–water partition coefficient (Wildman–Crippen LogP) is 5.61. The molecule has 0 bridgehead atoms. The Bertz CT molecular complexity index is 201. The molecule has 0 heterocycles. The van der Waals surface area contributed by atoms with E-state index in [1.807, 2.05) is 0 Å². The van der Waals surface area contributed by atoms with Crippen LogP contribution in [0.3, 0.4) is 0 Å². The molecule has 2 N–H and O–H groups in total. The monoisotopic (exact) mass is 271 g/mol. The van der Waals surface area contributed by atoms with Crippen molar-refractivity contribution in [3.8, 4) is 0 Å². The molecule has 0 aromatic heterocycles. The highest BCUT2D eigenvalue weighted by Gasteiger charge is 2.30. The van der Waals surface area contributed by atoms with E-state index in [1.54, 1.807) is 0 Å². The van der Waals surface area contributed by atoms with E-state index in [2.05, 4.69) is 20.8 Å². The lowest BCUT2D eigenvalue weighted by Gasteiger charge is -2.32. The van der Waals surface area contributed by atoms with Crippen molar-refractivity contribution < 1.29 is 0 Å². The van der Waals surface area contributed by atoms with Crippen molar-refractivity contribution in [2.24, 2.45) is 11.1 Å². The molecule has 0 saturated carbocycles. The zero-order valence-electron chi connectivity index (χ0n) is 12.8. The van der Waals surface area contributed by atoms with E-state index in [9.17, 15) is 0 Å². The zero-order valence-corrected chi connectivity index (χ0v) is 13.6. The van der Waals surface area contributed by atoms with Gasteiger partial charge in [-0.25, -0.2) is 0 Å². The van der Waals surface area contributed by atoms with Crippen LogP contribution in [0.1, 0.15) is 91.4 Å². The molecule has 0 saturated heterocycles. The Morgan fingerprint density at radius 1 is 0.833 bits per heavy atom. The van der Waals surface area contributed by atoms with Gasteiger partial charge in [0.2, 0.25) is 0 Å². The molecule has 0 rings (SSSR count). The Balaban J connectivity index is 4.19. The Kier molecular flexibility index (Phi) is 10.7. The zero-order chi connectivity index (χ0) is 13.9. The second-order valence-corrected chi connectivity index (χ2v) is 6.06. The third-order valence-corrected chi connectivity index (χ3v) is 4.65. The van der Waals surface area contributed by atoms with Gasteiger partial charge >= 0.3 is 0 Å². The minimum Gasteiger partial charge on any atom is -0.393 e. The molecule has 0 aliphatic carbocycles. The van der Waals surface area contributed by atoms with Gasteiger partial charge in [0.1, 0.15) is 0 Å². The van der Waals surface area contributed by atoms with E-state index in [4.69, 9.17) is 18.0 Å². The fourth-order valence-corrected chi connectivity index (χ4v) is 3.03. The van der Waals surface area contributed by atoms with E-state index in [0.29, 0.717) is 0 Å². The summed E-state index contributed by atoms with van der Waals surface area (Å²) in [6.45, 7) is 6.76. The molecule has 0 spiro atoms. The van der Waals surface area contributed by atoms with Gasteiger partial charge < -0.3 is 5.73 Å². The van der Waals surface area contributed by atoms with Crippen molar-refractivity contribution >= 4 is 17.2 Å². The van der Waals surface area contributed by atoms with Crippen molar-refractivity contribution in [1.82, 2.24) is 0 Å². The molecule has 2 heteroatoms. The van der Waals surface area contributed by atoms with Crippen LogP contribution in [-0.4, -0.2) is 4.99 Å². The van der Waals surface area contributed by atoms with Crippen LogP contribution < -0.4 is 5.73 Å². The van der Waals surface area contributed by atoms with Gasteiger partial charge in [-0.15, -0.1) is 0 Å². The lowest BCUT2D eigenvalue weighted by atomic mass is 9.75. The minimum atomic E-state index is 0.150. The summed E-state index contributed by atoms with van der Waals surface area (Å²) < 4.78 is 0. The fraction of sp³-hybridized carbons (Fsp3) is 0.938. The van der Waals surface area contributed by atoms with Crippen LogP contribution in [-0.2, 0) is 0 Å². The molecule has 0 aliphatic heterocycles. The van der Waals surface area contributed by atoms with Crippen LogP contribution in [0, 0.1) is 5.41 Å². The minimum absolute atomic E-state index is 0.150. The number of thiocarbonyl (C=S) groups is 1. The van der Waals surface area contributed by atoms with Crippen molar-refractivity contribution in [1.29, 1.82) is 0 Å². The molecule has 0 aliphatic rings. The van der Waals surface area contributed by atoms with Crippen molar-refractivity contribution in [2.45, 2.75) is 91.4 Å². The number of hydrogen-bond acceptors (Lipinski definition) is 1. The quantitative estimate of drug-likeness (QED) is 0.369. The summed E-state index contributed by atoms with van der Waals surface area (Å²) in [6, 6.07) is 0. The van der Waals surface area contributed by atoms with Crippen LogP contribution in [0.2, 0.25) is 0 Å². The van der Waals surface area contributed by atoms with Crippen LogP contribution in [0.25, 0.3) is 0 Å². The Hall–Kier alpha value is -0.110. The number of nitrogens with two attached hydrogens (primary N) is 1. The highest BCUT2D eigenvalue weighted by molar-refractivity contribution is 7.80. The van der Waals surface area contributed by atoms with Gasteiger partial charge in [0, 0.05) is 5.41 Å². The summed E-state index contributed by atoms with van der Waals surface area (Å²) in [5, 5.41) is 0. The van der Waals surface area contributed by atoms with E-state index in [1.165, 1.54) is 64.2 Å². The first kappa shape index (κ1) is 17.9. The van der Waals surface area contributed by atoms with Crippen LogP contribution in [0.15, 0.2) is 0 Å². The first-order chi connectivity index (χ1) is 8.63. The topological polar surface area (TPSA) is 26.0 Å². The smallest absolute Gasteiger partial charge is 0.0789 e. The molecular weight excluding hydrogens is 238 g/mol. The van der Waals surface area contributed by atoms with Crippen LogP contribution in [0.4, 0.5) is 0 Å². The molecule has 0 aromatic rings. The highest BCUT2D eigenvalue weighted by Crippen LogP contribution is 2.35. The fourth-order valence-electron chi connectivity index (χ4n) is 2.68. The van der Waals surface area contributed by atoms with Crippen molar-refractivity contribution in [3.63, 3.8) is 0 Å².